The number of fused-ring (bicyclic) bond motifs is 1. The summed E-state index contributed by atoms with van der Waals surface area (Å²) in [5.41, 5.74) is 7.08. The lowest BCUT2D eigenvalue weighted by Crippen LogP contribution is -2.28. The van der Waals surface area contributed by atoms with Crippen LogP contribution in [0.4, 0.5) is 0 Å². The van der Waals surface area contributed by atoms with Crippen LogP contribution in [-0.4, -0.2) is 18.3 Å². The topological polar surface area (TPSA) is 46.2 Å². The molecule has 0 heterocycles. The zero-order valence-electron chi connectivity index (χ0n) is 10.7. The van der Waals surface area contributed by atoms with Crippen LogP contribution in [0.1, 0.15) is 18.9 Å². The largest absolute Gasteiger partial charge is 0.396 e. The molecule has 2 unspecified atom stereocenters. The first-order chi connectivity index (χ1) is 8.67. The lowest BCUT2D eigenvalue weighted by molar-refractivity contribution is 0.198. The quantitative estimate of drug-likeness (QED) is 0.867. The van der Waals surface area contributed by atoms with Gasteiger partial charge in [-0.25, -0.2) is 0 Å². The van der Waals surface area contributed by atoms with Crippen molar-refractivity contribution in [3.63, 3.8) is 0 Å². The van der Waals surface area contributed by atoms with Gasteiger partial charge in [-0.3, -0.25) is 0 Å². The van der Waals surface area contributed by atoms with Crippen LogP contribution < -0.4 is 5.73 Å². The summed E-state index contributed by atoms with van der Waals surface area (Å²) in [4.78, 5) is 0. The molecule has 3 N–H and O–H groups in total. The van der Waals surface area contributed by atoms with Crippen molar-refractivity contribution < 1.29 is 5.11 Å². The van der Waals surface area contributed by atoms with Gasteiger partial charge in [0.15, 0.2) is 0 Å². The Kier molecular flexibility index (Phi) is 2.47. The molecule has 0 aliphatic heterocycles. The number of rotatable bonds is 3. The van der Waals surface area contributed by atoms with Crippen LogP contribution in [0.15, 0.2) is 42.5 Å². The van der Waals surface area contributed by atoms with Gasteiger partial charge in [-0.1, -0.05) is 49.4 Å². The molecule has 0 aromatic heterocycles. The summed E-state index contributed by atoms with van der Waals surface area (Å²) in [5, 5.41) is 12.2. The van der Waals surface area contributed by atoms with E-state index in [1.165, 1.54) is 16.3 Å². The molecule has 2 aromatic carbocycles. The zero-order valence-corrected chi connectivity index (χ0v) is 10.7. The van der Waals surface area contributed by atoms with Crippen LogP contribution in [0.25, 0.3) is 10.8 Å². The Morgan fingerprint density at radius 3 is 2.56 bits per heavy atom. The van der Waals surface area contributed by atoms with E-state index in [9.17, 15) is 5.11 Å². The molecule has 0 bridgehead atoms. The smallest absolute Gasteiger partial charge is 0.0508 e. The van der Waals surface area contributed by atoms with Crippen molar-refractivity contribution >= 4 is 10.8 Å². The maximum Gasteiger partial charge on any atom is 0.0508 e. The highest BCUT2D eigenvalue weighted by atomic mass is 16.3. The van der Waals surface area contributed by atoms with Crippen LogP contribution in [0, 0.1) is 5.41 Å². The highest BCUT2D eigenvalue weighted by molar-refractivity contribution is 5.87. The Morgan fingerprint density at radius 2 is 1.89 bits per heavy atom. The van der Waals surface area contributed by atoms with Gasteiger partial charge in [0.2, 0.25) is 0 Å². The van der Waals surface area contributed by atoms with Gasteiger partial charge < -0.3 is 10.8 Å². The van der Waals surface area contributed by atoms with E-state index in [4.69, 9.17) is 5.73 Å². The second-order valence-electron chi connectivity index (χ2n) is 5.68. The SMILES string of the molecule is CC1(c2cccc3ccccc23)CC1(CN)CO. The Morgan fingerprint density at radius 1 is 1.17 bits per heavy atom. The van der Waals surface area contributed by atoms with Crippen molar-refractivity contribution in [2.75, 3.05) is 13.2 Å². The number of aliphatic hydroxyl groups excluding tert-OH is 1. The molecule has 2 nitrogen and oxygen atoms in total. The minimum atomic E-state index is -0.128. The summed E-state index contributed by atoms with van der Waals surface area (Å²) >= 11 is 0. The highest BCUT2D eigenvalue weighted by Crippen LogP contribution is 2.64. The molecule has 1 aliphatic carbocycles. The van der Waals surface area contributed by atoms with Crippen molar-refractivity contribution in [1.82, 2.24) is 0 Å². The van der Waals surface area contributed by atoms with Gasteiger partial charge in [0.1, 0.15) is 0 Å². The predicted molar refractivity (Wildman–Crippen MR) is 74.5 cm³/mol. The van der Waals surface area contributed by atoms with Crippen molar-refractivity contribution in [3.8, 4) is 0 Å². The fraction of sp³-hybridized carbons (Fsp3) is 0.375. The molecule has 2 heteroatoms. The van der Waals surface area contributed by atoms with Gasteiger partial charge in [-0.05, 0) is 22.8 Å². The summed E-state index contributed by atoms with van der Waals surface area (Å²) < 4.78 is 0. The molecule has 2 aromatic rings. The molecule has 1 saturated carbocycles. The van der Waals surface area contributed by atoms with Gasteiger partial charge in [0, 0.05) is 17.4 Å². The summed E-state index contributed by atoms with van der Waals surface area (Å²) in [6.45, 7) is 2.93. The second-order valence-corrected chi connectivity index (χ2v) is 5.68. The standard InChI is InChI=1S/C16H19NO/c1-15(9-16(15,10-17)11-18)14-8-4-6-12-5-2-3-7-13(12)14/h2-8,18H,9-11,17H2,1H3. The highest BCUT2D eigenvalue weighted by Gasteiger charge is 2.64. The first-order valence-corrected chi connectivity index (χ1v) is 6.46. The molecular weight excluding hydrogens is 222 g/mol. The molecule has 94 valence electrons. The first kappa shape index (κ1) is 11.7. The van der Waals surface area contributed by atoms with Crippen LogP contribution in [0.5, 0.6) is 0 Å². The normalized spacial score (nSPS) is 30.6. The third-order valence-electron chi connectivity index (χ3n) is 4.81. The fourth-order valence-electron chi connectivity index (χ4n) is 3.31. The van der Waals surface area contributed by atoms with Gasteiger partial charge >= 0.3 is 0 Å². The predicted octanol–water partition coefficient (Wildman–Crippen LogP) is 2.44. The molecule has 2 atom stereocenters. The number of nitrogens with two attached hydrogens (primary N) is 1. The number of benzene rings is 2. The molecule has 0 spiro atoms. The molecule has 1 fully saturated rings. The van der Waals surface area contributed by atoms with Gasteiger partial charge in [0.05, 0.1) is 6.61 Å². The van der Waals surface area contributed by atoms with E-state index in [1.807, 2.05) is 0 Å². The Hall–Kier alpha value is -1.38. The molecule has 0 amide bonds. The number of hydrogen-bond acceptors (Lipinski definition) is 2. The van der Waals surface area contributed by atoms with Crippen molar-refractivity contribution in [3.05, 3.63) is 48.0 Å². The Bertz CT molecular complexity index is 583. The average molecular weight is 241 g/mol. The molecule has 3 rings (SSSR count). The third-order valence-corrected chi connectivity index (χ3v) is 4.81. The maximum absolute atomic E-state index is 9.65. The lowest BCUT2D eigenvalue weighted by atomic mass is 9.85. The molecule has 1 aliphatic rings. The van der Waals surface area contributed by atoms with Crippen LogP contribution in [0.3, 0.4) is 0 Å². The average Bonchev–Trinajstić information content (AvgIpc) is 3.05. The number of aliphatic hydroxyl groups is 1. The second kappa shape index (κ2) is 3.81. The van der Waals surface area contributed by atoms with E-state index in [0.717, 1.165) is 6.42 Å². The fourth-order valence-corrected chi connectivity index (χ4v) is 3.31. The summed E-state index contributed by atoms with van der Waals surface area (Å²) in [6, 6.07) is 14.8. The lowest BCUT2D eigenvalue weighted by Gasteiger charge is -2.21. The summed E-state index contributed by atoms with van der Waals surface area (Å²) in [5.74, 6) is 0. The first-order valence-electron chi connectivity index (χ1n) is 6.46. The van der Waals surface area contributed by atoms with Gasteiger partial charge in [-0.15, -0.1) is 0 Å². The van der Waals surface area contributed by atoms with Crippen molar-refractivity contribution in [2.45, 2.75) is 18.8 Å². The van der Waals surface area contributed by atoms with Crippen molar-refractivity contribution in [2.24, 2.45) is 11.1 Å². The van der Waals surface area contributed by atoms with Crippen molar-refractivity contribution in [1.29, 1.82) is 0 Å². The third kappa shape index (κ3) is 1.36. The van der Waals surface area contributed by atoms with Gasteiger partial charge in [-0.2, -0.15) is 0 Å². The molecule has 0 radical (unpaired) electrons. The van der Waals surface area contributed by atoms with E-state index in [0.29, 0.717) is 6.54 Å². The van der Waals surface area contributed by atoms with Crippen LogP contribution in [-0.2, 0) is 5.41 Å². The molecule has 18 heavy (non-hydrogen) atoms. The minimum Gasteiger partial charge on any atom is -0.396 e. The Labute approximate surface area is 107 Å². The minimum absolute atomic E-state index is 0.0113. The van der Waals surface area contributed by atoms with Gasteiger partial charge in [0.25, 0.3) is 0 Å². The number of hydrogen-bond donors (Lipinski definition) is 2. The van der Waals surface area contributed by atoms with E-state index in [1.54, 1.807) is 0 Å². The van der Waals surface area contributed by atoms with E-state index in [2.05, 4.69) is 49.4 Å². The Balaban J connectivity index is 2.17. The van der Waals surface area contributed by atoms with Crippen LogP contribution >= 0.6 is 0 Å². The van der Waals surface area contributed by atoms with E-state index < -0.39 is 0 Å². The van der Waals surface area contributed by atoms with E-state index in [-0.39, 0.29) is 17.4 Å². The molecular formula is C16H19NO. The van der Waals surface area contributed by atoms with E-state index >= 15 is 0 Å². The summed E-state index contributed by atoms with van der Waals surface area (Å²) in [6.07, 6.45) is 0.973. The zero-order chi connectivity index (χ0) is 12.8. The summed E-state index contributed by atoms with van der Waals surface area (Å²) in [7, 11) is 0. The molecule has 0 saturated heterocycles. The van der Waals surface area contributed by atoms with Crippen LogP contribution in [0.2, 0.25) is 0 Å². The maximum atomic E-state index is 9.65. The monoisotopic (exact) mass is 241 g/mol.